The second-order valence-corrected chi connectivity index (χ2v) is 12.1. The highest BCUT2D eigenvalue weighted by atomic mass is 16.5. The predicted molar refractivity (Wildman–Crippen MR) is 209 cm³/mol. The summed E-state index contributed by atoms with van der Waals surface area (Å²) in [4.78, 5) is 4.63. The summed E-state index contributed by atoms with van der Waals surface area (Å²) in [6.07, 6.45) is 0. The molecule has 0 atom stereocenters. The topological polar surface area (TPSA) is 24.9 Å². The molecule has 0 bridgehead atoms. The van der Waals surface area contributed by atoms with E-state index in [1.807, 2.05) is 0 Å². The zero-order valence-corrected chi connectivity index (χ0v) is 28.0. The largest absolute Gasteiger partial charge is 0.496 e. The van der Waals surface area contributed by atoms with Gasteiger partial charge in [0.2, 0.25) is 0 Å². The number of ether oxygens (including phenoxy) is 2. The summed E-state index contributed by atoms with van der Waals surface area (Å²) in [7, 11) is 3.45. The maximum atomic E-state index is 6.06. The second kappa shape index (κ2) is 13.5. The molecular weight excluding hydrogens is 613 g/mol. The van der Waals surface area contributed by atoms with E-state index < -0.39 is 0 Å². The van der Waals surface area contributed by atoms with Crippen molar-refractivity contribution in [2.75, 3.05) is 24.0 Å². The van der Waals surface area contributed by atoms with Crippen LogP contribution in [0.15, 0.2) is 182 Å². The quantitative estimate of drug-likeness (QED) is 0.155. The fourth-order valence-corrected chi connectivity index (χ4v) is 6.91. The molecule has 0 aliphatic heterocycles. The number of fused-ring (bicyclic) bond motifs is 2. The molecule has 0 unspecified atom stereocenters. The van der Waals surface area contributed by atoms with Gasteiger partial charge in [-0.15, -0.1) is 0 Å². The normalized spacial score (nSPS) is 11.0. The molecular formula is C46H36N2O2. The Morgan fingerprint density at radius 3 is 1.14 bits per heavy atom. The summed E-state index contributed by atoms with van der Waals surface area (Å²) < 4.78 is 12.1. The average Bonchev–Trinajstić information content (AvgIpc) is 3.19. The first-order valence-corrected chi connectivity index (χ1v) is 16.8. The van der Waals surface area contributed by atoms with Crippen molar-refractivity contribution >= 4 is 55.7 Å². The molecule has 0 heterocycles. The predicted octanol–water partition coefficient (Wildman–Crippen LogP) is 12.6. The van der Waals surface area contributed by atoms with Crippen LogP contribution in [0.5, 0.6) is 11.5 Å². The van der Waals surface area contributed by atoms with Crippen LogP contribution < -0.4 is 19.3 Å². The number of benzene rings is 8. The second-order valence-electron chi connectivity index (χ2n) is 12.1. The summed E-state index contributed by atoms with van der Waals surface area (Å²) >= 11 is 0. The third kappa shape index (κ3) is 5.67. The van der Waals surface area contributed by atoms with Crippen molar-refractivity contribution in [3.05, 3.63) is 182 Å². The van der Waals surface area contributed by atoms with Gasteiger partial charge in [-0.3, -0.25) is 0 Å². The van der Waals surface area contributed by atoms with Gasteiger partial charge in [0.05, 0.1) is 25.6 Å². The fourth-order valence-electron chi connectivity index (χ4n) is 6.91. The molecule has 0 aliphatic rings. The summed E-state index contributed by atoms with van der Waals surface area (Å²) in [6, 6.07) is 63.8. The molecule has 0 radical (unpaired) electrons. The van der Waals surface area contributed by atoms with Crippen LogP contribution >= 0.6 is 0 Å². The standard InChI is InChI=1S/C46H36N2O2/c1-49-45-29-27-37(47(35-19-5-3-6-20-35)43-25-13-17-33-15-9-11-23-39(33)43)31-41(45)42-32-38(28-30-46(42)50-2)48(36-21-7-4-8-22-36)44-26-14-18-34-16-10-12-24-40(34)44/h3-32H,1-2H3. The van der Waals surface area contributed by atoms with Gasteiger partial charge in [0.1, 0.15) is 11.5 Å². The van der Waals surface area contributed by atoms with Crippen LogP contribution in [0.1, 0.15) is 0 Å². The summed E-state index contributed by atoms with van der Waals surface area (Å²) in [6.45, 7) is 0. The number of hydrogen-bond acceptors (Lipinski definition) is 4. The van der Waals surface area contributed by atoms with E-state index in [9.17, 15) is 0 Å². The van der Waals surface area contributed by atoms with Crippen molar-refractivity contribution < 1.29 is 9.47 Å². The van der Waals surface area contributed by atoms with Crippen molar-refractivity contribution in [1.29, 1.82) is 0 Å². The summed E-state index contributed by atoms with van der Waals surface area (Å²) in [5.41, 5.74) is 8.18. The molecule has 0 saturated carbocycles. The average molecular weight is 649 g/mol. The SMILES string of the molecule is COc1ccc(N(c2ccccc2)c2cccc3ccccc23)cc1-c1cc(N(c2ccccc2)c2cccc3ccccc23)ccc1OC. The van der Waals surface area contributed by atoms with Crippen molar-refractivity contribution in [1.82, 2.24) is 0 Å². The Morgan fingerprint density at radius 2 is 0.720 bits per heavy atom. The van der Waals surface area contributed by atoms with Gasteiger partial charge in [-0.25, -0.2) is 0 Å². The Hall–Kier alpha value is -6.52. The van der Waals surface area contributed by atoms with Crippen LogP contribution in [0.4, 0.5) is 34.1 Å². The number of hydrogen-bond donors (Lipinski definition) is 0. The molecule has 242 valence electrons. The van der Waals surface area contributed by atoms with E-state index in [2.05, 4.69) is 192 Å². The Kier molecular flexibility index (Phi) is 8.34. The zero-order valence-electron chi connectivity index (χ0n) is 28.0. The van der Waals surface area contributed by atoms with Gasteiger partial charge < -0.3 is 19.3 Å². The van der Waals surface area contributed by atoms with Gasteiger partial charge in [-0.1, -0.05) is 109 Å². The number of nitrogens with zero attached hydrogens (tertiary/aromatic N) is 2. The third-order valence-corrected chi connectivity index (χ3v) is 9.22. The molecule has 8 aromatic carbocycles. The number of anilines is 6. The van der Waals surface area contributed by atoms with Crippen molar-refractivity contribution in [2.45, 2.75) is 0 Å². The molecule has 8 aromatic rings. The lowest BCUT2D eigenvalue weighted by molar-refractivity contribution is 0.410. The smallest absolute Gasteiger partial charge is 0.126 e. The lowest BCUT2D eigenvalue weighted by Crippen LogP contribution is -2.11. The number of para-hydroxylation sites is 2. The van der Waals surface area contributed by atoms with E-state index in [-0.39, 0.29) is 0 Å². The molecule has 0 amide bonds. The lowest BCUT2D eigenvalue weighted by atomic mass is 9.99. The van der Waals surface area contributed by atoms with Crippen LogP contribution in [-0.2, 0) is 0 Å². The first-order chi connectivity index (χ1) is 24.7. The first kappa shape index (κ1) is 30.8. The highest BCUT2D eigenvalue weighted by Crippen LogP contribution is 2.47. The van der Waals surface area contributed by atoms with Gasteiger partial charge >= 0.3 is 0 Å². The van der Waals surface area contributed by atoms with E-state index in [1.165, 1.54) is 21.5 Å². The first-order valence-electron chi connectivity index (χ1n) is 16.8. The van der Waals surface area contributed by atoms with Crippen molar-refractivity contribution in [3.8, 4) is 22.6 Å². The minimum atomic E-state index is 0.756. The van der Waals surface area contributed by atoms with E-state index in [0.717, 1.165) is 56.8 Å². The van der Waals surface area contributed by atoms with E-state index in [1.54, 1.807) is 14.2 Å². The third-order valence-electron chi connectivity index (χ3n) is 9.22. The van der Waals surface area contributed by atoms with Crippen LogP contribution in [0.2, 0.25) is 0 Å². The van der Waals surface area contributed by atoms with Crippen LogP contribution in [0, 0.1) is 0 Å². The Balaban J connectivity index is 1.34. The van der Waals surface area contributed by atoms with E-state index in [4.69, 9.17) is 9.47 Å². The van der Waals surface area contributed by atoms with Gasteiger partial charge in [-0.05, 0) is 83.6 Å². The lowest BCUT2D eigenvalue weighted by Gasteiger charge is -2.29. The van der Waals surface area contributed by atoms with Crippen molar-refractivity contribution in [2.24, 2.45) is 0 Å². The van der Waals surface area contributed by atoms with Gasteiger partial charge in [-0.2, -0.15) is 0 Å². The van der Waals surface area contributed by atoms with Gasteiger partial charge in [0.25, 0.3) is 0 Å². The molecule has 0 aliphatic carbocycles. The highest BCUT2D eigenvalue weighted by Gasteiger charge is 2.22. The molecule has 50 heavy (non-hydrogen) atoms. The maximum Gasteiger partial charge on any atom is 0.126 e. The molecule has 0 spiro atoms. The summed E-state index contributed by atoms with van der Waals surface area (Å²) in [5.74, 6) is 1.51. The highest BCUT2D eigenvalue weighted by molar-refractivity contribution is 6.01. The Labute approximate surface area is 293 Å². The van der Waals surface area contributed by atoms with Gasteiger partial charge in [0.15, 0.2) is 0 Å². The fraction of sp³-hybridized carbons (Fsp3) is 0.0435. The van der Waals surface area contributed by atoms with Crippen LogP contribution in [-0.4, -0.2) is 14.2 Å². The molecule has 0 N–H and O–H groups in total. The van der Waals surface area contributed by atoms with E-state index in [0.29, 0.717) is 0 Å². The van der Waals surface area contributed by atoms with Crippen LogP contribution in [0.3, 0.4) is 0 Å². The Bertz CT molecular complexity index is 2240. The molecule has 4 heteroatoms. The monoisotopic (exact) mass is 648 g/mol. The minimum Gasteiger partial charge on any atom is -0.496 e. The molecule has 8 rings (SSSR count). The molecule has 0 fully saturated rings. The Morgan fingerprint density at radius 1 is 0.340 bits per heavy atom. The zero-order chi connectivity index (χ0) is 33.9. The number of rotatable bonds is 9. The molecule has 0 saturated heterocycles. The number of methoxy groups -OCH3 is 2. The molecule has 4 nitrogen and oxygen atoms in total. The minimum absolute atomic E-state index is 0.756. The van der Waals surface area contributed by atoms with E-state index >= 15 is 0 Å². The summed E-state index contributed by atoms with van der Waals surface area (Å²) in [5, 5.41) is 4.71. The maximum absolute atomic E-state index is 6.06. The molecule has 0 aromatic heterocycles. The van der Waals surface area contributed by atoms with Gasteiger partial charge in [0, 0.05) is 44.6 Å². The van der Waals surface area contributed by atoms with Crippen molar-refractivity contribution in [3.63, 3.8) is 0 Å². The van der Waals surface area contributed by atoms with Crippen LogP contribution in [0.25, 0.3) is 32.7 Å².